The molecule has 9 heavy (non-hydrogen) atoms. The van der Waals surface area contributed by atoms with Gasteiger partial charge in [-0.05, 0) is 5.92 Å². The fourth-order valence-corrected chi connectivity index (χ4v) is 0.757. The molecule has 0 aromatic heterocycles. The quantitative estimate of drug-likeness (QED) is 0.572. The third-order valence-corrected chi connectivity index (χ3v) is 1.75. The van der Waals surface area contributed by atoms with Crippen molar-refractivity contribution in [2.24, 2.45) is 5.92 Å². The summed E-state index contributed by atoms with van der Waals surface area (Å²) in [5.41, 5.74) is 0. The number of unbranched alkanes of at least 4 members (excludes halogenated alkanes) is 1. The Hall–Kier alpha value is 0.494. The first-order valence-electron chi connectivity index (χ1n) is 3.81. The van der Waals surface area contributed by atoms with Gasteiger partial charge in [0, 0.05) is 16.5 Å². The van der Waals surface area contributed by atoms with Crippen molar-refractivity contribution in [3.63, 3.8) is 0 Å². The second-order valence-corrected chi connectivity index (χ2v) is 2.66. The van der Waals surface area contributed by atoms with Crippen LogP contribution in [-0.2, 0) is 16.5 Å². The van der Waals surface area contributed by atoms with Gasteiger partial charge in [0.2, 0.25) is 0 Å². The van der Waals surface area contributed by atoms with Crippen molar-refractivity contribution in [2.45, 2.75) is 46.5 Å². The number of hydrogen-bond donors (Lipinski definition) is 0. The number of hydrogen-bond acceptors (Lipinski definition) is 0. The molecule has 0 nitrogen and oxygen atoms in total. The van der Waals surface area contributed by atoms with Crippen LogP contribution in [0.4, 0.5) is 0 Å². The van der Waals surface area contributed by atoms with E-state index in [9.17, 15) is 0 Å². The third-order valence-electron chi connectivity index (χ3n) is 1.75. The van der Waals surface area contributed by atoms with Crippen molar-refractivity contribution in [3.8, 4) is 0 Å². The van der Waals surface area contributed by atoms with E-state index in [0.29, 0.717) is 0 Å². The topological polar surface area (TPSA) is 0 Å². The Morgan fingerprint density at radius 1 is 1.22 bits per heavy atom. The fraction of sp³-hybridized carbons (Fsp3) is 1.00. The molecule has 0 rings (SSSR count). The van der Waals surface area contributed by atoms with E-state index in [-0.39, 0.29) is 16.5 Å². The molecule has 1 heteroatoms. The van der Waals surface area contributed by atoms with Crippen molar-refractivity contribution in [2.75, 3.05) is 0 Å². The molecule has 0 aliphatic heterocycles. The average molecular weight is 173 g/mol. The van der Waals surface area contributed by atoms with Gasteiger partial charge in [-0.25, -0.2) is 0 Å². The predicted octanol–water partition coefficient (Wildman–Crippen LogP) is 3.22. The molecule has 0 fully saturated rings. The smallest absolute Gasteiger partial charge is 0 e. The summed E-state index contributed by atoms with van der Waals surface area (Å²) < 4.78 is 0. The maximum absolute atomic E-state index is 2.33. The van der Waals surface area contributed by atoms with Crippen LogP contribution in [-0.4, -0.2) is 0 Å². The predicted molar refractivity (Wildman–Crippen MR) is 39.0 cm³/mol. The van der Waals surface area contributed by atoms with Crippen LogP contribution in [0.1, 0.15) is 46.5 Å². The Kier molecular flexibility index (Phi) is 11.5. The molecule has 0 aliphatic carbocycles. The maximum Gasteiger partial charge on any atom is 0 e. The first kappa shape index (κ1) is 12.2. The molecule has 0 aromatic carbocycles. The first-order chi connectivity index (χ1) is 3.81. The molecule has 0 heterocycles. The van der Waals surface area contributed by atoms with Crippen molar-refractivity contribution in [1.82, 2.24) is 0 Å². The molecule has 60 valence electrons. The summed E-state index contributed by atoms with van der Waals surface area (Å²) in [5.74, 6) is 0.954. The summed E-state index contributed by atoms with van der Waals surface area (Å²) in [6.45, 7) is 6.85. The average Bonchev–Trinajstić information content (AvgIpc) is 1.83. The molecule has 0 radical (unpaired) electrons. The number of rotatable bonds is 4. The summed E-state index contributed by atoms with van der Waals surface area (Å²) in [7, 11) is 0. The monoisotopic (exact) mass is 172 g/mol. The Bertz CT molecular complexity index is 43.8. The fourth-order valence-electron chi connectivity index (χ4n) is 0.757. The molecule has 0 spiro atoms. The van der Waals surface area contributed by atoms with E-state index in [1.54, 1.807) is 0 Å². The first-order valence-corrected chi connectivity index (χ1v) is 3.81. The van der Waals surface area contributed by atoms with Gasteiger partial charge in [0.05, 0.1) is 0 Å². The van der Waals surface area contributed by atoms with Gasteiger partial charge in [0.1, 0.15) is 0 Å². The zero-order valence-electron chi connectivity index (χ0n) is 6.72. The summed E-state index contributed by atoms with van der Waals surface area (Å²) in [4.78, 5) is 0. The zero-order valence-corrected chi connectivity index (χ0v) is 7.71. The van der Waals surface area contributed by atoms with Gasteiger partial charge in [0.25, 0.3) is 0 Å². The summed E-state index contributed by atoms with van der Waals surface area (Å²) in [5, 5.41) is 0. The summed E-state index contributed by atoms with van der Waals surface area (Å²) in [6, 6.07) is 0. The van der Waals surface area contributed by atoms with Crippen LogP contribution in [0.25, 0.3) is 0 Å². The van der Waals surface area contributed by atoms with Crippen LogP contribution in [0.5, 0.6) is 0 Å². The Morgan fingerprint density at radius 3 is 2.11 bits per heavy atom. The van der Waals surface area contributed by atoms with Gasteiger partial charge < -0.3 is 0 Å². The van der Waals surface area contributed by atoms with Crippen LogP contribution in [0.15, 0.2) is 0 Å². The molecule has 1 unspecified atom stereocenters. The van der Waals surface area contributed by atoms with Crippen molar-refractivity contribution < 1.29 is 16.5 Å². The van der Waals surface area contributed by atoms with E-state index in [4.69, 9.17) is 0 Å². The van der Waals surface area contributed by atoms with E-state index >= 15 is 0 Å². The van der Waals surface area contributed by atoms with Gasteiger partial charge in [-0.1, -0.05) is 46.5 Å². The minimum Gasteiger partial charge on any atom is -0.0654 e. The largest absolute Gasteiger partial charge is 0.0654 e. The van der Waals surface area contributed by atoms with E-state index in [1.165, 1.54) is 25.7 Å². The second kappa shape index (κ2) is 8.49. The van der Waals surface area contributed by atoms with Gasteiger partial charge in [-0.2, -0.15) is 0 Å². The molecular weight excluding hydrogens is 155 g/mol. The molecule has 0 amide bonds. The van der Waals surface area contributed by atoms with E-state index in [0.717, 1.165) is 5.92 Å². The van der Waals surface area contributed by atoms with Gasteiger partial charge in [0.15, 0.2) is 0 Å². The maximum atomic E-state index is 2.33. The van der Waals surface area contributed by atoms with Crippen molar-refractivity contribution in [3.05, 3.63) is 0 Å². The molecule has 0 saturated carbocycles. The standard InChI is InChI=1S/C8H18.Ni/c1-4-6-7-8(3)5-2;/h8H,4-7H2,1-3H3;. The van der Waals surface area contributed by atoms with Gasteiger partial charge in [-0.3, -0.25) is 0 Å². The van der Waals surface area contributed by atoms with Crippen LogP contribution < -0.4 is 0 Å². The molecule has 0 aliphatic rings. The van der Waals surface area contributed by atoms with E-state index < -0.39 is 0 Å². The second-order valence-electron chi connectivity index (χ2n) is 2.66. The molecule has 0 bridgehead atoms. The van der Waals surface area contributed by atoms with Crippen LogP contribution >= 0.6 is 0 Å². The van der Waals surface area contributed by atoms with E-state index in [1.807, 2.05) is 0 Å². The molecule has 0 saturated heterocycles. The Labute approximate surface area is 69.3 Å². The Balaban J connectivity index is 0. The molecule has 0 aromatic rings. The molecule has 0 N–H and O–H groups in total. The Morgan fingerprint density at radius 2 is 1.78 bits per heavy atom. The summed E-state index contributed by atoms with van der Waals surface area (Å²) >= 11 is 0. The molecular formula is C8H18Ni. The van der Waals surface area contributed by atoms with E-state index in [2.05, 4.69) is 20.8 Å². The molecule has 1 atom stereocenters. The summed E-state index contributed by atoms with van der Waals surface area (Å²) in [6.07, 6.45) is 5.53. The van der Waals surface area contributed by atoms with Crippen LogP contribution in [0.2, 0.25) is 0 Å². The van der Waals surface area contributed by atoms with Crippen LogP contribution in [0, 0.1) is 5.92 Å². The normalized spacial score (nSPS) is 12.3. The van der Waals surface area contributed by atoms with Crippen molar-refractivity contribution in [1.29, 1.82) is 0 Å². The zero-order chi connectivity index (χ0) is 6.41. The van der Waals surface area contributed by atoms with Gasteiger partial charge >= 0.3 is 0 Å². The minimum absolute atomic E-state index is 0. The van der Waals surface area contributed by atoms with Crippen LogP contribution in [0.3, 0.4) is 0 Å². The third kappa shape index (κ3) is 8.49. The van der Waals surface area contributed by atoms with Crippen molar-refractivity contribution >= 4 is 0 Å². The SMILES string of the molecule is CCCCC(C)CC.[Ni]. The minimum atomic E-state index is 0. The van der Waals surface area contributed by atoms with Gasteiger partial charge in [-0.15, -0.1) is 0 Å².